The molecule has 236 valence electrons. The Morgan fingerprint density at radius 3 is 1.86 bits per heavy atom. The molecule has 17 heteroatoms. The molecule has 1 heterocycles. The number of rotatable bonds is 14. The van der Waals surface area contributed by atoms with Gasteiger partial charge in [-0.2, -0.15) is 0 Å². The maximum absolute atomic E-state index is 13.3. The van der Waals surface area contributed by atoms with Crippen molar-refractivity contribution in [2.45, 2.75) is 78.2 Å². The largest absolute Gasteiger partial charge is 0.462 e. The van der Waals surface area contributed by atoms with Crippen molar-refractivity contribution in [3.8, 4) is 0 Å². The zero-order valence-corrected chi connectivity index (χ0v) is 24.3. The van der Waals surface area contributed by atoms with E-state index in [1.165, 1.54) is 24.3 Å². The second kappa shape index (κ2) is 15.4. The molecule has 6 atom stereocenters. The fourth-order valence-corrected chi connectivity index (χ4v) is 4.36. The first-order valence-electron chi connectivity index (χ1n) is 12.9. The van der Waals surface area contributed by atoms with E-state index in [4.69, 9.17) is 28.4 Å². The Bertz CT molecular complexity index is 1220. The molecule has 0 unspecified atom stereocenters. The fraction of sp³-hybridized carbons (Fsp3) is 0.538. The number of carbonyl (C=O) groups is 6. The van der Waals surface area contributed by atoms with Gasteiger partial charge in [0.15, 0.2) is 30.6 Å². The molecule has 43 heavy (non-hydrogen) atoms. The highest BCUT2D eigenvalue weighted by Crippen LogP contribution is 2.31. The van der Waals surface area contributed by atoms with Crippen molar-refractivity contribution in [2.24, 2.45) is 0 Å². The van der Waals surface area contributed by atoms with Crippen molar-refractivity contribution in [1.82, 2.24) is 5.32 Å². The third-order valence-corrected chi connectivity index (χ3v) is 5.79. The predicted octanol–water partition coefficient (Wildman–Crippen LogP) is 1.15. The molecule has 1 N–H and O–H groups in total. The summed E-state index contributed by atoms with van der Waals surface area (Å²) >= 11 is 0. The molecule has 0 saturated carbocycles. The number of urea groups is 1. The maximum Gasteiger partial charge on any atom is 0.324 e. The molecule has 0 radical (unpaired) electrons. The van der Waals surface area contributed by atoms with Gasteiger partial charge >= 0.3 is 35.9 Å². The minimum absolute atomic E-state index is 0.0144. The summed E-state index contributed by atoms with van der Waals surface area (Å²) in [6.45, 7) is 6.11. The van der Waals surface area contributed by atoms with E-state index in [2.05, 4.69) is 5.32 Å². The Labute approximate surface area is 245 Å². The number of nitro benzene ring substituents is 1. The molecule has 1 aliphatic rings. The van der Waals surface area contributed by atoms with Gasteiger partial charge in [0.25, 0.3) is 5.69 Å². The van der Waals surface area contributed by atoms with Crippen LogP contribution in [-0.4, -0.2) is 90.7 Å². The van der Waals surface area contributed by atoms with Crippen molar-refractivity contribution < 1.29 is 62.1 Å². The van der Waals surface area contributed by atoms with Gasteiger partial charge in [-0.15, -0.1) is 0 Å². The first-order chi connectivity index (χ1) is 20.2. The van der Waals surface area contributed by atoms with Gasteiger partial charge in [-0.1, -0.05) is 0 Å². The number of esters is 5. The number of carbonyl (C=O) groups excluding carboxylic acids is 6. The number of nitro groups is 1. The lowest BCUT2D eigenvalue weighted by Crippen LogP contribution is -2.60. The van der Waals surface area contributed by atoms with Gasteiger partial charge in [-0.05, 0) is 19.1 Å². The third-order valence-electron chi connectivity index (χ3n) is 5.79. The van der Waals surface area contributed by atoms with Gasteiger partial charge in [-0.25, -0.2) is 4.79 Å². The summed E-state index contributed by atoms with van der Waals surface area (Å²) in [6.07, 6.45) is -8.01. The fourth-order valence-electron chi connectivity index (χ4n) is 4.36. The zero-order chi connectivity index (χ0) is 32.4. The Morgan fingerprint density at radius 1 is 0.860 bits per heavy atom. The van der Waals surface area contributed by atoms with Crippen LogP contribution in [-0.2, 0) is 52.4 Å². The molecular weight excluding hydrogens is 578 g/mol. The topological polar surface area (TPSA) is 216 Å². The summed E-state index contributed by atoms with van der Waals surface area (Å²) in [5.74, 6) is -4.46. The summed E-state index contributed by atoms with van der Waals surface area (Å²) in [7, 11) is 0. The molecule has 0 aromatic heterocycles. The molecule has 1 saturated heterocycles. The van der Waals surface area contributed by atoms with Crippen LogP contribution < -0.4 is 10.2 Å². The molecular formula is C26H33N3O14. The molecule has 17 nitrogen and oxygen atoms in total. The van der Waals surface area contributed by atoms with Crippen molar-refractivity contribution >= 4 is 47.3 Å². The number of hydrogen-bond donors (Lipinski definition) is 1. The maximum atomic E-state index is 13.3. The number of amides is 2. The lowest BCUT2D eigenvalue weighted by molar-refractivity contribution is -0.384. The molecule has 0 aliphatic carbocycles. The number of anilines is 1. The minimum Gasteiger partial charge on any atom is -0.462 e. The van der Waals surface area contributed by atoms with E-state index in [0.29, 0.717) is 0 Å². The number of nitrogens with one attached hydrogen (secondary N) is 1. The van der Waals surface area contributed by atoms with Gasteiger partial charge in [0.2, 0.25) is 0 Å². The van der Waals surface area contributed by atoms with E-state index in [1.54, 1.807) is 6.92 Å². The average Bonchev–Trinajstić information content (AvgIpc) is 3.22. The monoisotopic (exact) mass is 611 g/mol. The van der Waals surface area contributed by atoms with Crippen LogP contribution in [0.4, 0.5) is 16.2 Å². The lowest BCUT2D eigenvalue weighted by atomic mass is 9.95. The second-order valence-electron chi connectivity index (χ2n) is 9.14. The van der Waals surface area contributed by atoms with Gasteiger partial charge < -0.3 is 33.7 Å². The van der Waals surface area contributed by atoms with Crippen molar-refractivity contribution in [3.05, 3.63) is 34.4 Å². The molecule has 1 aromatic rings. The summed E-state index contributed by atoms with van der Waals surface area (Å²) in [6, 6.07) is 2.82. The van der Waals surface area contributed by atoms with Crippen LogP contribution in [0, 0.1) is 10.1 Å². The van der Waals surface area contributed by atoms with Crippen molar-refractivity contribution in [1.29, 1.82) is 0 Å². The van der Waals surface area contributed by atoms with Gasteiger partial charge in [0, 0.05) is 59.0 Å². The first-order valence-corrected chi connectivity index (χ1v) is 12.9. The van der Waals surface area contributed by atoms with Gasteiger partial charge in [-0.3, -0.25) is 39.0 Å². The normalized spacial score (nSPS) is 18.7. The summed E-state index contributed by atoms with van der Waals surface area (Å²) < 4.78 is 32.5. The standard InChI is InChI=1S/C26H33N3O14/c1-7-38-25-21(27-26(35)28(25)18-8-10-19(11-9-18)29(36)37)23(42-16(5)33)24(43-17(6)34)22(41-15(4)32)20(40-14(3)31)12-39-13(2)30/h8-11,20-25H,7,12H2,1-6H3,(H,27,35)/t20-,21-,22-,23-,24-,25-/m0/s1. The Balaban J connectivity index is 2.69. The number of ether oxygens (including phenoxy) is 6. The highest BCUT2D eigenvalue weighted by molar-refractivity contribution is 5.95. The quantitative estimate of drug-likeness (QED) is 0.135. The number of benzene rings is 1. The van der Waals surface area contributed by atoms with Crippen LogP contribution in [0.3, 0.4) is 0 Å². The third kappa shape index (κ3) is 9.63. The van der Waals surface area contributed by atoms with E-state index in [1.807, 2.05) is 0 Å². The average molecular weight is 612 g/mol. The predicted molar refractivity (Wildman–Crippen MR) is 142 cm³/mol. The van der Waals surface area contributed by atoms with Crippen LogP contribution in [0.15, 0.2) is 24.3 Å². The summed E-state index contributed by atoms with van der Waals surface area (Å²) in [5.41, 5.74) is -0.0760. The van der Waals surface area contributed by atoms with Crippen LogP contribution in [0.2, 0.25) is 0 Å². The Kier molecular flexibility index (Phi) is 12.3. The molecule has 0 spiro atoms. The van der Waals surface area contributed by atoms with Crippen molar-refractivity contribution in [3.63, 3.8) is 0 Å². The van der Waals surface area contributed by atoms with E-state index < -0.39 is 84.1 Å². The number of non-ortho nitro benzene ring substituents is 1. The molecule has 2 amide bonds. The molecule has 1 fully saturated rings. The van der Waals surface area contributed by atoms with Crippen LogP contribution in [0.1, 0.15) is 41.5 Å². The Hall–Kier alpha value is -4.80. The number of nitrogens with zero attached hydrogens (tertiary/aromatic N) is 2. The first kappa shape index (κ1) is 34.4. The van der Waals surface area contributed by atoms with Gasteiger partial charge in [0.1, 0.15) is 12.6 Å². The highest BCUT2D eigenvalue weighted by Gasteiger charge is 2.54. The van der Waals surface area contributed by atoms with Crippen LogP contribution in [0.5, 0.6) is 0 Å². The highest BCUT2D eigenvalue weighted by atomic mass is 16.6. The van der Waals surface area contributed by atoms with Crippen molar-refractivity contribution in [2.75, 3.05) is 18.1 Å². The zero-order valence-electron chi connectivity index (χ0n) is 24.3. The van der Waals surface area contributed by atoms with E-state index >= 15 is 0 Å². The Morgan fingerprint density at radius 2 is 1.40 bits per heavy atom. The minimum atomic E-state index is -1.77. The lowest BCUT2D eigenvalue weighted by Gasteiger charge is -2.38. The molecule has 1 aromatic carbocycles. The second-order valence-corrected chi connectivity index (χ2v) is 9.14. The molecule has 2 rings (SSSR count). The van der Waals surface area contributed by atoms with Crippen LogP contribution >= 0.6 is 0 Å². The molecule has 1 aliphatic heterocycles. The molecule has 0 bridgehead atoms. The number of hydrogen-bond acceptors (Lipinski definition) is 14. The van der Waals surface area contributed by atoms with E-state index in [0.717, 1.165) is 39.5 Å². The summed E-state index contributed by atoms with van der Waals surface area (Å²) in [4.78, 5) is 85.3. The summed E-state index contributed by atoms with van der Waals surface area (Å²) in [5, 5.41) is 13.7. The van der Waals surface area contributed by atoms with E-state index in [9.17, 15) is 38.9 Å². The smallest absolute Gasteiger partial charge is 0.324 e. The van der Waals surface area contributed by atoms with Crippen LogP contribution in [0.25, 0.3) is 0 Å². The SMILES string of the molecule is CCO[C@H]1[C@H]([C@H](OC(C)=O)[C@@H](OC(C)=O)[C@@H](OC(C)=O)[C@H](COC(C)=O)OC(C)=O)NC(=O)N1c1ccc([N+](=O)[O-])cc1. The van der Waals surface area contributed by atoms with E-state index in [-0.39, 0.29) is 18.0 Å². The van der Waals surface area contributed by atoms with Gasteiger partial charge in [0.05, 0.1) is 4.92 Å².